The van der Waals surface area contributed by atoms with E-state index >= 15 is 0 Å². The number of amides is 1. The summed E-state index contributed by atoms with van der Waals surface area (Å²) in [6.45, 7) is 2.64. The summed E-state index contributed by atoms with van der Waals surface area (Å²) in [5, 5.41) is 86.5. The molecule has 12 atom stereocenters. The molecular formula is C60H107NO13. The predicted molar refractivity (Wildman–Crippen MR) is 295 cm³/mol. The lowest BCUT2D eigenvalue weighted by atomic mass is 9.97. The first-order valence-electron chi connectivity index (χ1n) is 29.5. The lowest BCUT2D eigenvalue weighted by Crippen LogP contribution is -2.65. The molecule has 2 heterocycles. The number of aliphatic hydroxyl groups excluding tert-OH is 8. The zero-order valence-corrected chi connectivity index (χ0v) is 46.1. The smallest absolute Gasteiger partial charge is 0.220 e. The maximum atomic E-state index is 13.2. The number of rotatable bonds is 46. The Kier molecular flexibility index (Phi) is 41.9. The van der Waals surface area contributed by atoms with Crippen molar-refractivity contribution in [3.8, 4) is 0 Å². The first kappa shape index (κ1) is 67.8. The number of nitrogens with one attached hydrogen (secondary N) is 1. The summed E-state index contributed by atoms with van der Waals surface area (Å²) >= 11 is 0. The monoisotopic (exact) mass is 1050 g/mol. The van der Waals surface area contributed by atoms with Crippen molar-refractivity contribution in [1.82, 2.24) is 5.32 Å². The van der Waals surface area contributed by atoms with Crippen LogP contribution >= 0.6 is 0 Å². The molecule has 14 heteroatoms. The summed E-state index contributed by atoms with van der Waals surface area (Å²) in [6.07, 6.45) is 41.9. The van der Waals surface area contributed by atoms with Gasteiger partial charge in [-0.15, -0.1) is 0 Å². The summed E-state index contributed by atoms with van der Waals surface area (Å²) in [7, 11) is 0. The highest BCUT2D eigenvalue weighted by molar-refractivity contribution is 5.76. The highest BCUT2D eigenvalue weighted by Crippen LogP contribution is 2.30. The zero-order chi connectivity index (χ0) is 53.9. The lowest BCUT2D eigenvalue weighted by Gasteiger charge is -2.46. The summed E-state index contributed by atoms with van der Waals surface area (Å²) in [5.41, 5.74) is 0. The Hall–Kier alpha value is -2.31. The Bertz CT molecular complexity index is 1470. The number of ether oxygens (including phenoxy) is 4. The Labute approximate surface area is 447 Å². The molecule has 430 valence electrons. The van der Waals surface area contributed by atoms with Gasteiger partial charge in [-0.25, -0.2) is 0 Å². The topological polar surface area (TPSA) is 228 Å². The Morgan fingerprint density at radius 3 is 1.46 bits per heavy atom. The summed E-state index contributed by atoms with van der Waals surface area (Å²) in [6, 6.07) is -0.929. The van der Waals surface area contributed by atoms with Crippen molar-refractivity contribution < 1.29 is 64.6 Å². The summed E-state index contributed by atoms with van der Waals surface area (Å²) in [5.74, 6) is -0.254. The van der Waals surface area contributed by atoms with Gasteiger partial charge in [0.15, 0.2) is 12.6 Å². The fourth-order valence-electron chi connectivity index (χ4n) is 9.38. The van der Waals surface area contributed by atoms with Crippen LogP contribution in [0.15, 0.2) is 60.8 Å². The largest absolute Gasteiger partial charge is 0.394 e. The van der Waals surface area contributed by atoms with Crippen LogP contribution in [-0.2, 0) is 23.7 Å². The van der Waals surface area contributed by atoms with E-state index in [2.05, 4.69) is 67.8 Å². The van der Waals surface area contributed by atoms with Crippen molar-refractivity contribution in [3.05, 3.63) is 60.8 Å². The van der Waals surface area contributed by atoms with Gasteiger partial charge in [0, 0.05) is 6.42 Å². The molecule has 0 aromatic heterocycles. The van der Waals surface area contributed by atoms with Crippen molar-refractivity contribution >= 4 is 5.91 Å². The van der Waals surface area contributed by atoms with E-state index < -0.39 is 86.8 Å². The molecule has 0 saturated carbocycles. The van der Waals surface area contributed by atoms with Crippen molar-refractivity contribution in [2.75, 3.05) is 19.8 Å². The van der Waals surface area contributed by atoms with Crippen LogP contribution in [0.2, 0.25) is 0 Å². The molecule has 14 nitrogen and oxygen atoms in total. The molecule has 0 radical (unpaired) electrons. The lowest BCUT2D eigenvalue weighted by molar-refractivity contribution is -0.359. The van der Waals surface area contributed by atoms with Crippen molar-refractivity contribution in [3.63, 3.8) is 0 Å². The fourth-order valence-corrected chi connectivity index (χ4v) is 9.38. The number of hydrogen-bond acceptors (Lipinski definition) is 13. The summed E-state index contributed by atoms with van der Waals surface area (Å²) < 4.78 is 22.6. The van der Waals surface area contributed by atoms with Gasteiger partial charge in [-0.3, -0.25) is 4.79 Å². The zero-order valence-electron chi connectivity index (χ0n) is 46.1. The molecule has 0 aromatic rings. The third-order valence-electron chi connectivity index (χ3n) is 14.2. The van der Waals surface area contributed by atoms with Gasteiger partial charge in [-0.2, -0.15) is 0 Å². The van der Waals surface area contributed by atoms with Gasteiger partial charge in [0.05, 0.1) is 32.0 Å². The van der Waals surface area contributed by atoms with Crippen LogP contribution in [0.25, 0.3) is 0 Å². The minimum absolute atomic E-state index is 0.254. The van der Waals surface area contributed by atoms with Gasteiger partial charge in [-0.05, 0) is 64.2 Å². The van der Waals surface area contributed by atoms with E-state index in [1.165, 1.54) is 135 Å². The van der Waals surface area contributed by atoms with Crippen LogP contribution in [0, 0.1) is 0 Å². The maximum Gasteiger partial charge on any atom is 0.220 e. The number of hydrogen-bond donors (Lipinski definition) is 9. The second-order valence-electron chi connectivity index (χ2n) is 20.8. The number of carbonyl (C=O) groups excluding carboxylic acids is 1. The van der Waals surface area contributed by atoms with Gasteiger partial charge in [0.2, 0.25) is 5.91 Å². The molecule has 0 bridgehead atoms. The first-order valence-corrected chi connectivity index (χ1v) is 29.5. The number of carbonyl (C=O) groups is 1. The van der Waals surface area contributed by atoms with Gasteiger partial charge in [0.1, 0.15) is 48.8 Å². The second-order valence-corrected chi connectivity index (χ2v) is 20.8. The van der Waals surface area contributed by atoms with E-state index in [-0.39, 0.29) is 18.9 Å². The van der Waals surface area contributed by atoms with Crippen LogP contribution in [0.4, 0.5) is 0 Å². The number of allylic oxidation sites excluding steroid dienone is 9. The van der Waals surface area contributed by atoms with E-state index in [0.717, 1.165) is 51.4 Å². The molecule has 2 fully saturated rings. The van der Waals surface area contributed by atoms with E-state index in [1.54, 1.807) is 6.08 Å². The van der Waals surface area contributed by atoms with Gasteiger partial charge >= 0.3 is 0 Å². The molecule has 74 heavy (non-hydrogen) atoms. The second kappa shape index (κ2) is 45.7. The molecule has 2 aliphatic rings. The normalized spacial score (nSPS) is 25.6. The van der Waals surface area contributed by atoms with E-state index in [0.29, 0.717) is 12.8 Å². The molecule has 1 amide bonds. The standard InChI is InChI=1S/C60H107NO13/c1-3-5-7-9-11-12-13-14-15-16-17-18-19-20-21-22-23-24-25-26-27-28-29-30-31-32-33-34-35-36-38-40-42-44-52(65)61-48(49(64)43-41-39-37-10-8-6-4-2)47-71-59-57(70)55(68)58(51(46-63)73-59)74-60-56(69)54(67)53(66)50(45-62)72-60/h8,10,13-14,16-17,19-20,41,43,48-51,53-60,62-64,66-70H,3-7,9,11-12,15,18,21-40,42,44-47H2,1-2H3,(H,61,65)/b10-8+,14-13-,17-16-,20-19-,43-41+. The van der Waals surface area contributed by atoms with Crippen LogP contribution < -0.4 is 5.32 Å². The fraction of sp³-hybridized carbons (Fsp3) is 0.817. The molecule has 0 aromatic carbocycles. The van der Waals surface area contributed by atoms with Gasteiger partial charge in [-0.1, -0.05) is 209 Å². The quantitative estimate of drug-likeness (QED) is 0.0205. The third kappa shape index (κ3) is 31.2. The van der Waals surface area contributed by atoms with Crippen LogP contribution in [0.1, 0.15) is 219 Å². The van der Waals surface area contributed by atoms with Crippen LogP contribution in [0.5, 0.6) is 0 Å². The van der Waals surface area contributed by atoms with E-state index in [1.807, 2.05) is 6.08 Å². The Morgan fingerprint density at radius 1 is 0.486 bits per heavy atom. The minimum Gasteiger partial charge on any atom is -0.394 e. The van der Waals surface area contributed by atoms with E-state index in [4.69, 9.17) is 18.9 Å². The minimum atomic E-state index is -1.79. The Balaban J connectivity index is 1.58. The molecule has 2 aliphatic heterocycles. The summed E-state index contributed by atoms with van der Waals surface area (Å²) in [4.78, 5) is 13.2. The highest BCUT2D eigenvalue weighted by Gasteiger charge is 2.51. The average Bonchev–Trinajstić information content (AvgIpc) is 3.40. The number of unbranched alkanes of at least 4 members (excludes halogenated alkanes) is 25. The molecule has 2 saturated heterocycles. The third-order valence-corrected chi connectivity index (χ3v) is 14.2. The predicted octanol–water partition coefficient (Wildman–Crippen LogP) is 9.78. The average molecular weight is 1050 g/mol. The van der Waals surface area contributed by atoms with Gasteiger partial charge < -0.3 is 65.1 Å². The first-order chi connectivity index (χ1) is 36.1. The molecular weight excluding hydrogens is 943 g/mol. The van der Waals surface area contributed by atoms with Gasteiger partial charge in [0.25, 0.3) is 0 Å². The maximum absolute atomic E-state index is 13.2. The van der Waals surface area contributed by atoms with Crippen molar-refractivity contribution in [2.24, 2.45) is 0 Å². The SMILES string of the molecule is CCC/C=C/CC/C=C/C(O)C(COC1OC(CO)C(OC2OC(CO)C(O)C(O)C2O)C(O)C1O)NC(=O)CCCCCCCCCCCCCCCCCCCC/C=C\C/C=C\C/C=C\CCCCCCC. The molecule has 0 aliphatic carbocycles. The highest BCUT2D eigenvalue weighted by atomic mass is 16.7. The number of aliphatic hydroxyl groups is 8. The van der Waals surface area contributed by atoms with Crippen LogP contribution in [0.3, 0.4) is 0 Å². The Morgan fingerprint density at radius 2 is 0.932 bits per heavy atom. The van der Waals surface area contributed by atoms with Crippen LogP contribution in [-0.4, -0.2) is 140 Å². The molecule has 12 unspecified atom stereocenters. The van der Waals surface area contributed by atoms with E-state index in [9.17, 15) is 45.6 Å². The van der Waals surface area contributed by atoms with Crippen molar-refractivity contribution in [2.45, 2.75) is 293 Å². The van der Waals surface area contributed by atoms with Crippen molar-refractivity contribution in [1.29, 1.82) is 0 Å². The molecule has 0 spiro atoms. The molecule has 2 rings (SSSR count). The molecule has 9 N–H and O–H groups in total.